The summed E-state index contributed by atoms with van der Waals surface area (Å²) in [5.74, 6) is 0. The molecule has 0 saturated carbocycles. The van der Waals surface area contributed by atoms with Gasteiger partial charge in [0.15, 0.2) is 5.25 Å². The zero-order valence-corrected chi connectivity index (χ0v) is 8.98. The van der Waals surface area contributed by atoms with Crippen molar-refractivity contribution in [3.63, 3.8) is 0 Å². The first kappa shape index (κ1) is 12.1. The summed E-state index contributed by atoms with van der Waals surface area (Å²) < 4.78 is 30.9. The molecule has 0 aliphatic heterocycles. The zero-order valence-electron chi connectivity index (χ0n) is 8.16. The molecule has 0 radical (unpaired) electrons. The number of aliphatic hydroxyl groups excluding tert-OH is 1. The van der Waals surface area contributed by atoms with Crippen LogP contribution < -0.4 is 5.73 Å². The van der Waals surface area contributed by atoms with Crippen LogP contribution in [0.5, 0.6) is 0 Å². The van der Waals surface area contributed by atoms with Crippen LogP contribution in [-0.2, 0) is 10.1 Å². The van der Waals surface area contributed by atoms with Crippen LogP contribution in [0.25, 0.3) is 0 Å². The summed E-state index contributed by atoms with van der Waals surface area (Å²) in [6, 6.07) is 6.36. The number of benzene rings is 1. The molecular weight excluding hydrogens is 218 g/mol. The van der Waals surface area contributed by atoms with Gasteiger partial charge in [-0.15, -0.1) is 0 Å². The van der Waals surface area contributed by atoms with Crippen LogP contribution >= 0.6 is 0 Å². The van der Waals surface area contributed by atoms with Crippen molar-refractivity contribution in [2.45, 2.75) is 18.4 Å². The molecule has 1 aromatic rings. The van der Waals surface area contributed by atoms with E-state index in [9.17, 15) is 8.42 Å². The molecule has 0 heterocycles. The Kier molecular flexibility index (Phi) is 3.46. The summed E-state index contributed by atoms with van der Waals surface area (Å²) in [6.45, 7) is 1.84. The average molecular weight is 231 g/mol. The van der Waals surface area contributed by atoms with Gasteiger partial charge in [-0.1, -0.05) is 29.8 Å². The molecule has 5 nitrogen and oxygen atoms in total. The molecule has 0 spiro atoms. The lowest BCUT2D eigenvalue weighted by atomic mass is 10.1. The van der Waals surface area contributed by atoms with Gasteiger partial charge in [0.25, 0.3) is 10.1 Å². The Hall–Kier alpha value is -0.950. The van der Waals surface area contributed by atoms with Crippen molar-refractivity contribution < 1.29 is 18.1 Å². The van der Waals surface area contributed by atoms with E-state index in [0.717, 1.165) is 5.56 Å². The molecule has 0 aliphatic carbocycles. The van der Waals surface area contributed by atoms with Gasteiger partial charge in [-0.25, -0.2) is 0 Å². The molecule has 84 valence electrons. The highest BCUT2D eigenvalue weighted by atomic mass is 32.2. The van der Waals surface area contributed by atoms with E-state index in [1.807, 2.05) is 6.92 Å². The predicted molar refractivity (Wildman–Crippen MR) is 55.7 cm³/mol. The Morgan fingerprint density at radius 3 is 2.07 bits per heavy atom. The molecular formula is C9H13NO4S. The molecule has 0 aliphatic rings. The van der Waals surface area contributed by atoms with Crippen LogP contribution in [0.1, 0.15) is 16.4 Å². The number of aliphatic hydroxyl groups is 1. The monoisotopic (exact) mass is 231 g/mol. The van der Waals surface area contributed by atoms with Crippen molar-refractivity contribution in [1.82, 2.24) is 0 Å². The number of hydrogen-bond donors (Lipinski definition) is 3. The molecule has 0 amide bonds. The van der Waals surface area contributed by atoms with Crippen molar-refractivity contribution in [3.8, 4) is 0 Å². The summed E-state index contributed by atoms with van der Waals surface area (Å²) in [6.07, 6.45) is -1.65. The lowest BCUT2D eigenvalue weighted by molar-refractivity contribution is 0.172. The van der Waals surface area contributed by atoms with E-state index in [4.69, 9.17) is 15.4 Å². The second-order valence-electron chi connectivity index (χ2n) is 3.34. The summed E-state index contributed by atoms with van der Waals surface area (Å²) in [7, 11) is -4.41. The van der Waals surface area contributed by atoms with E-state index >= 15 is 0 Å². The minimum absolute atomic E-state index is 0.262. The van der Waals surface area contributed by atoms with Crippen molar-refractivity contribution >= 4 is 10.1 Å². The van der Waals surface area contributed by atoms with E-state index in [1.54, 1.807) is 12.1 Å². The average Bonchev–Trinajstić information content (AvgIpc) is 2.05. The smallest absolute Gasteiger partial charge is 0.275 e. The van der Waals surface area contributed by atoms with Crippen LogP contribution in [0.2, 0.25) is 0 Å². The third kappa shape index (κ3) is 3.00. The van der Waals surface area contributed by atoms with Gasteiger partial charge in [0.2, 0.25) is 0 Å². The maximum Gasteiger partial charge on any atom is 0.275 e. The van der Waals surface area contributed by atoms with Crippen LogP contribution in [-0.4, -0.2) is 24.3 Å². The quantitative estimate of drug-likeness (QED) is 0.509. The molecule has 2 unspecified atom stereocenters. The maximum atomic E-state index is 11.0. The first-order valence-corrected chi connectivity index (χ1v) is 5.79. The van der Waals surface area contributed by atoms with Gasteiger partial charge in [0.1, 0.15) is 6.23 Å². The molecule has 4 N–H and O–H groups in total. The molecule has 15 heavy (non-hydrogen) atoms. The highest BCUT2D eigenvalue weighted by molar-refractivity contribution is 7.86. The van der Waals surface area contributed by atoms with Crippen LogP contribution in [0.3, 0.4) is 0 Å². The second kappa shape index (κ2) is 4.28. The Balaban J connectivity index is 3.17. The van der Waals surface area contributed by atoms with E-state index in [1.165, 1.54) is 12.1 Å². The van der Waals surface area contributed by atoms with E-state index in [0.29, 0.717) is 0 Å². The first-order valence-electron chi connectivity index (χ1n) is 4.29. The van der Waals surface area contributed by atoms with Gasteiger partial charge in [0, 0.05) is 0 Å². The largest absolute Gasteiger partial charge is 0.377 e. The zero-order chi connectivity index (χ0) is 11.6. The van der Waals surface area contributed by atoms with E-state index in [-0.39, 0.29) is 5.56 Å². The Morgan fingerprint density at radius 2 is 1.73 bits per heavy atom. The normalized spacial score (nSPS) is 16.0. The Morgan fingerprint density at radius 1 is 1.27 bits per heavy atom. The number of hydrogen-bond acceptors (Lipinski definition) is 4. The van der Waals surface area contributed by atoms with Gasteiger partial charge >= 0.3 is 0 Å². The Bertz CT molecular complexity index is 424. The summed E-state index contributed by atoms with van der Waals surface area (Å²) in [5, 5.41) is 7.61. The molecule has 0 fully saturated rings. The fraction of sp³-hybridized carbons (Fsp3) is 0.333. The van der Waals surface area contributed by atoms with Crippen molar-refractivity contribution in [2.75, 3.05) is 0 Å². The van der Waals surface area contributed by atoms with E-state index in [2.05, 4.69) is 0 Å². The molecule has 6 heteroatoms. The van der Waals surface area contributed by atoms with Crippen LogP contribution in [0, 0.1) is 6.92 Å². The number of nitrogens with two attached hydrogens (primary N) is 1. The maximum absolute atomic E-state index is 11.0. The summed E-state index contributed by atoms with van der Waals surface area (Å²) in [4.78, 5) is 0. The molecule has 2 atom stereocenters. The third-order valence-corrected chi connectivity index (χ3v) is 3.23. The lowest BCUT2D eigenvalue weighted by Gasteiger charge is -2.16. The Labute approximate surface area is 88.3 Å². The molecule has 0 aromatic heterocycles. The molecule has 0 saturated heterocycles. The second-order valence-corrected chi connectivity index (χ2v) is 4.87. The van der Waals surface area contributed by atoms with Gasteiger partial charge in [-0.2, -0.15) is 8.42 Å². The SMILES string of the molecule is Cc1ccc(C(C(N)O)S(=O)(=O)O)cc1. The summed E-state index contributed by atoms with van der Waals surface area (Å²) in [5.41, 5.74) is 6.32. The first-order chi connectivity index (χ1) is 6.82. The molecule has 0 bridgehead atoms. The highest BCUT2D eigenvalue weighted by Gasteiger charge is 2.30. The molecule has 1 aromatic carbocycles. The molecule has 1 rings (SSSR count). The third-order valence-electron chi connectivity index (χ3n) is 2.04. The lowest BCUT2D eigenvalue weighted by Crippen LogP contribution is -2.33. The van der Waals surface area contributed by atoms with Gasteiger partial charge in [-0.3, -0.25) is 4.55 Å². The number of aryl methyl sites for hydroxylation is 1. The predicted octanol–water partition coefficient (Wildman–Crippen LogP) is 0.201. The van der Waals surface area contributed by atoms with Gasteiger partial charge in [-0.05, 0) is 12.5 Å². The topological polar surface area (TPSA) is 101 Å². The van der Waals surface area contributed by atoms with Gasteiger partial charge < -0.3 is 10.8 Å². The highest BCUT2D eigenvalue weighted by Crippen LogP contribution is 2.23. The van der Waals surface area contributed by atoms with Crippen molar-refractivity contribution in [2.24, 2.45) is 5.73 Å². The van der Waals surface area contributed by atoms with Crippen LogP contribution in [0.15, 0.2) is 24.3 Å². The van der Waals surface area contributed by atoms with Crippen LogP contribution in [0.4, 0.5) is 0 Å². The fourth-order valence-corrected chi connectivity index (χ4v) is 2.15. The van der Waals surface area contributed by atoms with Crippen molar-refractivity contribution in [1.29, 1.82) is 0 Å². The number of rotatable bonds is 3. The standard InChI is InChI=1S/C9H13NO4S/c1-6-2-4-7(5-3-6)8(9(10)11)15(12,13)14/h2-5,8-9,11H,10H2,1H3,(H,12,13,14). The van der Waals surface area contributed by atoms with E-state index < -0.39 is 21.6 Å². The minimum Gasteiger partial charge on any atom is -0.377 e. The summed E-state index contributed by atoms with van der Waals surface area (Å²) >= 11 is 0. The van der Waals surface area contributed by atoms with Gasteiger partial charge in [0.05, 0.1) is 0 Å². The minimum atomic E-state index is -4.41. The fourth-order valence-electron chi connectivity index (χ4n) is 1.30. The van der Waals surface area contributed by atoms with Crippen molar-refractivity contribution in [3.05, 3.63) is 35.4 Å².